The number of halogens is 3. The number of carbonyl (C=O) groups is 1. The van der Waals surface area contributed by atoms with Crippen LogP contribution < -0.4 is 0 Å². The van der Waals surface area contributed by atoms with E-state index in [0.29, 0.717) is 17.2 Å². The number of carbonyl (C=O) groups excluding carboxylic acids is 1. The first kappa shape index (κ1) is 22.6. The number of aryl methyl sites for hydroxylation is 1. The molecule has 1 aromatic rings. The fraction of sp³-hybridized carbons (Fsp3) is 0.750. The molecular weight excluding hydrogens is 401 g/mol. The highest BCUT2D eigenvalue weighted by atomic mass is 19.4. The van der Waals surface area contributed by atoms with Crippen molar-refractivity contribution >= 4 is 11.6 Å². The lowest BCUT2D eigenvalue weighted by Crippen LogP contribution is -2.45. The fourth-order valence-electron chi connectivity index (χ4n) is 4.28. The van der Waals surface area contributed by atoms with E-state index < -0.39 is 36.3 Å². The van der Waals surface area contributed by atoms with Crippen LogP contribution in [-0.4, -0.2) is 68.7 Å². The maximum absolute atomic E-state index is 13.5. The molecule has 2 aliphatic rings. The molecule has 30 heavy (non-hydrogen) atoms. The average molecular weight is 430 g/mol. The van der Waals surface area contributed by atoms with Gasteiger partial charge in [-0.3, -0.25) is 9.80 Å². The van der Waals surface area contributed by atoms with Crippen LogP contribution in [0.15, 0.2) is 15.7 Å². The Morgan fingerprint density at radius 3 is 2.60 bits per heavy atom. The van der Waals surface area contributed by atoms with Gasteiger partial charge in [-0.2, -0.15) is 18.3 Å². The molecule has 1 amide bonds. The van der Waals surface area contributed by atoms with Gasteiger partial charge in [0.1, 0.15) is 18.2 Å². The third-order valence-corrected chi connectivity index (χ3v) is 5.72. The minimum absolute atomic E-state index is 0.0908. The van der Waals surface area contributed by atoms with E-state index in [0.717, 1.165) is 5.01 Å². The van der Waals surface area contributed by atoms with Gasteiger partial charge in [0.25, 0.3) is 0 Å². The smallest absolute Gasteiger partial charge is 0.391 e. The molecule has 7 nitrogen and oxygen atoms in total. The molecule has 3 rings (SSSR count). The van der Waals surface area contributed by atoms with E-state index in [2.05, 4.69) is 10.3 Å². The lowest BCUT2D eigenvalue weighted by atomic mass is 9.90. The molecule has 1 N–H and O–H groups in total. The van der Waals surface area contributed by atoms with Crippen molar-refractivity contribution in [1.29, 1.82) is 0 Å². The number of hydrazone groups is 1. The van der Waals surface area contributed by atoms with Gasteiger partial charge in [-0.1, -0.05) is 19.0 Å². The molecule has 2 aliphatic heterocycles. The zero-order valence-corrected chi connectivity index (χ0v) is 17.9. The number of β-amino-alcohol motifs (C(OH)–C–C–N with tert-alkyl or cyclic N) is 1. The Hall–Kier alpha value is -2.10. The molecule has 1 aromatic heterocycles. The van der Waals surface area contributed by atoms with Crippen LogP contribution in [0.2, 0.25) is 0 Å². The highest BCUT2D eigenvalue weighted by molar-refractivity contribution is 5.96. The molecule has 0 spiro atoms. The number of hydrogen-bond donors (Lipinski definition) is 1. The van der Waals surface area contributed by atoms with Crippen LogP contribution in [0.4, 0.5) is 13.2 Å². The third kappa shape index (κ3) is 4.63. The average Bonchev–Trinajstić information content (AvgIpc) is 3.24. The van der Waals surface area contributed by atoms with Crippen molar-refractivity contribution in [3.8, 4) is 0 Å². The first-order chi connectivity index (χ1) is 13.8. The summed E-state index contributed by atoms with van der Waals surface area (Å²) in [6.07, 6.45) is -4.60. The van der Waals surface area contributed by atoms with Gasteiger partial charge in [0.05, 0.1) is 29.1 Å². The Labute approximate surface area is 173 Å². The van der Waals surface area contributed by atoms with Crippen LogP contribution >= 0.6 is 0 Å². The van der Waals surface area contributed by atoms with E-state index in [-0.39, 0.29) is 31.2 Å². The summed E-state index contributed by atoms with van der Waals surface area (Å²) in [7, 11) is 0. The number of aliphatic hydroxyl groups is 1. The van der Waals surface area contributed by atoms with E-state index in [4.69, 9.17) is 4.52 Å². The standard InChI is InChI=1S/C20H29F3N4O3/c1-11(2)17(16-6-12(3)25-30-16)18(29)26-9-13(28)7-15(26)14-8-19(4,5)27(24-14)10-20(21,22)23/h6,11,13,15,17,28H,7-10H2,1-5H3. The van der Waals surface area contributed by atoms with Gasteiger partial charge >= 0.3 is 6.18 Å². The first-order valence-electron chi connectivity index (χ1n) is 10.1. The summed E-state index contributed by atoms with van der Waals surface area (Å²) in [6, 6.07) is 1.17. The Kier molecular flexibility index (Phi) is 5.92. The van der Waals surface area contributed by atoms with Crippen molar-refractivity contribution in [1.82, 2.24) is 15.1 Å². The molecule has 3 heterocycles. The second-order valence-electron chi connectivity index (χ2n) is 9.24. The van der Waals surface area contributed by atoms with Gasteiger partial charge in [-0.15, -0.1) is 0 Å². The zero-order valence-electron chi connectivity index (χ0n) is 17.9. The maximum Gasteiger partial charge on any atom is 0.407 e. The molecule has 0 radical (unpaired) electrons. The minimum atomic E-state index is -4.38. The highest BCUT2D eigenvalue weighted by Crippen LogP contribution is 2.36. The van der Waals surface area contributed by atoms with Crippen molar-refractivity contribution in [3.63, 3.8) is 0 Å². The Balaban J connectivity index is 1.88. The van der Waals surface area contributed by atoms with Crippen molar-refractivity contribution in [3.05, 3.63) is 17.5 Å². The lowest BCUT2D eigenvalue weighted by Gasteiger charge is -2.31. The summed E-state index contributed by atoms with van der Waals surface area (Å²) in [5.41, 5.74) is 0.323. The Morgan fingerprint density at radius 1 is 1.40 bits per heavy atom. The summed E-state index contributed by atoms with van der Waals surface area (Å²) in [6.45, 7) is 7.90. The predicted octanol–water partition coefficient (Wildman–Crippen LogP) is 3.09. The van der Waals surface area contributed by atoms with Crippen molar-refractivity contribution < 1.29 is 27.6 Å². The highest BCUT2D eigenvalue weighted by Gasteiger charge is 2.47. The number of amides is 1. The van der Waals surface area contributed by atoms with Crippen molar-refractivity contribution in [2.75, 3.05) is 13.1 Å². The molecule has 3 unspecified atom stereocenters. The SMILES string of the molecule is Cc1cc(C(C(=O)N2CC(O)CC2C2=NN(CC(F)(F)F)C(C)(C)C2)C(C)C)on1. The Morgan fingerprint density at radius 2 is 2.07 bits per heavy atom. The number of nitrogens with zero attached hydrogens (tertiary/aromatic N) is 4. The fourth-order valence-corrected chi connectivity index (χ4v) is 4.28. The molecule has 1 fully saturated rings. The minimum Gasteiger partial charge on any atom is -0.391 e. The summed E-state index contributed by atoms with van der Waals surface area (Å²) in [5.74, 6) is -0.482. The predicted molar refractivity (Wildman–Crippen MR) is 104 cm³/mol. The number of hydrogen-bond acceptors (Lipinski definition) is 6. The van der Waals surface area contributed by atoms with Crippen molar-refractivity contribution in [2.45, 2.75) is 77.2 Å². The number of alkyl halides is 3. The lowest BCUT2D eigenvalue weighted by molar-refractivity contribution is -0.154. The second-order valence-corrected chi connectivity index (χ2v) is 9.24. The zero-order chi connectivity index (χ0) is 22.4. The van der Waals surface area contributed by atoms with E-state index in [1.807, 2.05) is 13.8 Å². The van der Waals surface area contributed by atoms with Gasteiger partial charge < -0.3 is 14.5 Å². The second kappa shape index (κ2) is 7.86. The molecule has 0 saturated carbocycles. The van der Waals surface area contributed by atoms with E-state index in [1.165, 1.54) is 0 Å². The van der Waals surface area contributed by atoms with Gasteiger partial charge in [0, 0.05) is 25.5 Å². The van der Waals surface area contributed by atoms with Crippen LogP contribution in [0.25, 0.3) is 0 Å². The van der Waals surface area contributed by atoms with Gasteiger partial charge in [0.15, 0.2) is 0 Å². The molecule has 10 heteroatoms. The number of likely N-dealkylation sites (tertiary alicyclic amines) is 1. The normalized spacial score (nSPS) is 25.2. The number of rotatable bonds is 5. The quantitative estimate of drug-likeness (QED) is 0.776. The van der Waals surface area contributed by atoms with E-state index >= 15 is 0 Å². The van der Waals surface area contributed by atoms with Crippen LogP contribution in [0.1, 0.15) is 57.9 Å². The largest absolute Gasteiger partial charge is 0.407 e. The molecule has 0 bridgehead atoms. The maximum atomic E-state index is 13.5. The molecule has 168 valence electrons. The molecule has 0 aromatic carbocycles. The van der Waals surface area contributed by atoms with Crippen LogP contribution in [0.3, 0.4) is 0 Å². The van der Waals surface area contributed by atoms with Gasteiger partial charge in [0.2, 0.25) is 5.91 Å². The van der Waals surface area contributed by atoms with Gasteiger partial charge in [-0.25, -0.2) is 0 Å². The molecular formula is C20H29F3N4O3. The first-order valence-corrected chi connectivity index (χ1v) is 10.1. The van der Waals surface area contributed by atoms with Crippen molar-refractivity contribution in [2.24, 2.45) is 11.0 Å². The summed E-state index contributed by atoms with van der Waals surface area (Å²) < 4.78 is 44.3. The van der Waals surface area contributed by atoms with E-state index in [9.17, 15) is 23.1 Å². The van der Waals surface area contributed by atoms with E-state index in [1.54, 1.807) is 31.7 Å². The molecule has 3 atom stereocenters. The summed E-state index contributed by atoms with van der Waals surface area (Å²) >= 11 is 0. The van der Waals surface area contributed by atoms with Crippen LogP contribution in [-0.2, 0) is 4.79 Å². The van der Waals surface area contributed by atoms with Crippen LogP contribution in [0.5, 0.6) is 0 Å². The Bertz CT molecular complexity index is 818. The monoisotopic (exact) mass is 430 g/mol. The van der Waals surface area contributed by atoms with Gasteiger partial charge in [-0.05, 0) is 26.7 Å². The topological polar surface area (TPSA) is 82.2 Å². The van der Waals surface area contributed by atoms with Crippen LogP contribution in [0, 0.1) is 12.8 Å². The number of aliphatic hydroxyl groups excluding tert-OH is 1. The summed E-state index contributed by atoms with van der Waals surface area (Å²) in [5, 5.41) is 19.4. The third-order valence-electron chi connectivity index (χ3n) is 5.72. The molecule has 1 saturated heterocycles. The summed E-state index contributed by atoms with van der Waals surface area (Å²) in [4.78, 5) is 15.0. The number of aromatic nitrogens is 1. The molecule has 0 aliphatic carbocycles.